The molecule has 2 aromatic rings. The number of alkyl halides is 1. The molecule has 2 N–H and O–H groups in total. The lowest BCUT2D eigenvalue weighted by Gasteiger charge is -2.09. The first-order chi connectivity index (χ1) is 8.95. The number of hydrogen-bond acceptors (Lipinski definition) is 2. The predicted octanol–water partition coefficient (Wildman–Crippen LogP) is 3.94. The number of rotatable bonds is 3. The summed E-state index contributed by atoms with van der Waals surface area (Å²) in [7, 11) is 0. The van der Waals surface area contributed by atoms with Crippen LogP contribution in [0, 0.1) is 13.8 Å². The summed E-state index contributed by atoms with van der Waals surface area (Å²) in [5.41, 5.74) is 4.06. The van der Waals surface area contributed by atoms with Crippen LogP contribution in [0.1, 0.15) is 27.2 Å². The summed E-state index contributed by atoms with van der Waals surface area (Å²) >= 11 is 9.53. The number of benzene rings is 1. The molecule has 0 saturated carbocycles. The molecule has 4 nitrogen and oxygen atoms in total. The van der Waals surface area contributed by atoms with Crippen molar-refractivity contribution in [2.24, 2.45) is 0 Å². The first-order valence-electron chi connectivity index (χ1n) is 5.59. The molecule has 6 heteroatoms. The van der Waals surface area contributed by atoms with Crippen molar-refractivity contribution in [3.63, 3.8) is 0 Å². The minimum absolute atomic E-state index is 0.270. The molecule has 0 spiro atoms. The third-order valence-corrected chi connectivity index (χ3v) is 3.91. The number of nitrogens with zero attached hydrogens (tertiary/aromatic N) is 1. The second-order valence-corrected chi connectivity index (χ2v) is 5.22. The van der Waals surface area contributed by atoms with E-state index < -0.39 is 5.97 Å². The maximum atomic E-state index is 11.2. The van der Waals surface area contributed by atoms with Crippen molar-refractivity contribution in [2.45, 2.75) is 19.2 Å². The van der Waals surface area contributed by atoms with Crippen molar-refractivity contribution in [1.82, 2.24) is 10.2 Å². The molecule has 0 saturated heterocycles. The van der Waals surface area contributed by atoms with E-state index in [4.69, 9.17) is 11.6 Å². The van der Waals surface area contributed by atoms with E-state index in [0.29, 0.717) is 21.7 Å². The van der Waals surface area contributed by atoms with Crippen molar-refractivity contribution in [3.8, 4) is 11.3 Å². The fourth-order valence-electron chi connectivity index (χ4n) is 1.98. The van der Waals surface area contributed by atoms with Gasteiger partial charge in [0, 0.05) is 10.9 Å². The standard InChI is InChI=1S/C13H12BrClN2O2/c1-6-3-7(2)9(13(18)19)4-8(6)12-11(15)10(5-14)16-17-12/h3-4H,5H2,1-2H3,(H,16,17)(H,18,19). The molecule has 0 unspecified atom stereocenters. The van der Waals surface area contributed by atoms with Gasteiger partial charge in [-0.05, 0) is 31.0 Å². The Morgan fingerprint density at radius 1 is 1.42 bits per heavy atom. The number of aromatic nitrogens is 2. The van der Waals surface area contributed by atoms with Crippen LogP contribution in [0.15, 0.2) is 12.1 Å². The Labute approximate surface area is 123 Å². The van der Waals surface area contributed by atoms with Gasteiger partial charge in [-0.2, -0.15) is 5.10 Å². The Morgan fingerprint density at radius 2 is 2.11 bits per heavy atom. The molecule has 0 aliphatic rings. The number of aryl methyl sites for hydroxylation is 2. The summed E-state index contributed by atoms with van der Waals surface area (Å²) in [6.45, 7) is 3.69. The Morgan fingerprint density at radius 3 is 2.63 bits per heavy atom. The maximum absolute atomic E-state index is 11.2. The number of hydrogen-bond donors (Lipinski definition) is 2. The van der Waals surface area contributed by atoms with Crippen LogP contribution >= 0.6 is 27.5 Å². The van der Waals surface area contributed by atoms with Gasteiger partial charge in [-0.1, -0.05) is 33.6 Å². The fraction of sp³-hybridized carbons (Fsp3) is 0.231. The van der Waals surface area contributed by atoms with Crippen LogP contribution in [0.2, 0.25) is 5.02 Å². The van der Waals surface area contributed by atoms with Gasteiger partial charge in [0.1, 0.15) is 0 Å². The maximum Gasteiger partial charge on any atom is 0.335 e. The molecule has 0 radical (unpaired) electrons. The number of aromatic carboxylic acids is 1. The Bertz CT molecular complexity index is 652. The number of carbonyl (C=O) groups is 1. The molecule has 2 rings (SSSR count). The van der Waals surface area contributed by atoms with Crippen LogP contribution in [0.3, 0.4) is 0 Å². The highest BCUT2D eigenvalue weighted by Gasteiger charge is 2.17. The Balaban J connectivity index is 2.64. The second-order valence-electron chi connectivity index (χ2n) is 4.28. The smallest absolute Gasteiger partial charge is 0.335 e. The highest BCUT2D eigenvalue weighted by molar-refractivity contribution is 9.08. The van der Waals surface area contributed by atoms with Gasteiger partial charge in [0.25, 0.3) is 0 Å². The molecule has 0 atom stereocenters. The third kappa shape index (κ3) is 2.53. The van der Waals surface area contributed by atoms with E-state index in [1.165, 1.54) is 0 Å². The van der Waals surface area contributed by atoms with Crippen molar-refractivity contribution >= 4 is 33.5 Å². The molecule has 1 heterocycles. The zero-order valence-corrected chi connectivity index (χ0v) is 12.8. The summed E-state index contributed by atoms with van der Waals surface area (Å²) in [5.74, 6) is -0.949. The molecule has 0 amide bonds. The van der Waals surface area contributed by atoms with Gasteiger partial charge in [0.2, 0.25) is 0 Å². The lowest BCUT2D eigenvalue weighted by molar-refractivity contribution is 0.0696. The van der Waals surface area contributed by atoms with Crippen LogP contribution in [0.25, 0.3) is 11.3 Å². The zero-order valence-electron chi connectivity index (χ0n) is 10.4. The summed E-state index contributed by atoms with van der Waals surface area (Å²) in [4.78, 5) is 11.2. The van der Waals surface area contributed by atoms with Crippen LogP contribution in [0.4, 0.5) is 0 Å². The number of halogens is 2. The van der Waals surface area contributed by atoms with Gasteiger partial charge >= 0.3 is 5.97 Å². The normalized spacial score (nSPS) is 10.7. The van der Waals surface area contributed by atoms with Gasteiger partial charge in [-0.15, -0.1) is 0 Å². The second kappa shape index (κ2) is 5.35. The quantitative estimate of drug-likeness (QED) is 0.830. The molecule has 100 valence electrons. The number of H-pyrrole nitrogens is 1. The average molecular weight is 344 g/mol. The van der Waals surface area contributed by atoms with E-state index in [1.54, 1.807) is 13.0 Å². The van der Waals surface area contributed by atoms with E-state index in [1.807, 2.05) is 13.0 Å². The number of carboxylic acid groups (broad SMARTS) is 1. The topological polar surface area (TPSA) is 66.0 Å². The first-order valence-corrected chi connectivity index (χ1v) is 7.09. The highest BCUT2D eigenvalue weighted by atomic mass is 79.9. The summed E-state index contributed by atoms with van der Waals surface area (Å²) in [6, 6.07) is 3.47. The number of aromatic amines is 1. The van der Waals surface area contributed by atoms with Crippen LogP contribution in [-0.2, 0) is 5.33 Å². The third-order valence-electron chi connectivity index (χ3n) is 2.97. The van der Waals surface area contributed by atoms with Crippen LogP contribution in [0.5, 0.6) is 0 Å². The molecule has 0 bridgehead atoms. The summed E-state index contributed by atoms with van der Waals surface area (Å²) in [5, 5.41) is 17.2. The van der Waals surface area contributed by atoms with Crippen LogP contribution < -0.4 is 0 Å². The van der Waals surface area contributed by atoms with Gasteiger partial charge in [-0.3, -0.25) is 5.10 Å². The molecule has 0 aliphatic carbocycles. The van der Waals surface area contributed by atoms with Gasteiger partial charge in [-0.25, -0.2) is 4.79 Å². The van der Waals surface area contributed by atoms with Crippen molar-refractivity contribution in [3.05, 3.63) is 39.5 Å². The minimum atomic E-state index is -0.949. The van der Waals surface area contributed by atoms with Gasteiger partial charge < -0.3 is 5.11 Å². The summed E-state index contributed by atoms with van der Waals surface area (Å²) in [6.07, 6.45) is 0. The Kier molecular flexibility index (Phi) is 3.96. The van der Waals surface area contributed by atoms with E-state index in [2.05, 4.69) is 26.1 Å². The number of nitrogens with one attached hydrogen (secondary N) is 1. The first kappa shape index (κ1) is 14.1. The molecule has 1 aromatic carbocycles. The molecule has 19 heavy (non-hydrogen) atoms. The van der Waals surface area contributed by atoms with E-state index in [-0.39, 0.29) is 5.56 Å². The number of carboxylic acids is 1. The lowest BCUT2D eigenvalue weighted by atomic mass is 9.98. The SMILES string of the molecule is Cc1cc(C)c(-c2[nH]nc(CBr)c2Cl)cc1C(=O)O. The molecule has 0 aliphatic heterocycles. The zero-order chi connectivity index (χ0) is 14.2. The van der Waals surface area contributed by atoms with Gasteiger partial charge in [0.15, 0.2) is 0 Å². The van der Waals surface area contributed by atoms with E-state index in [0.717, 1.165) is 16.7 Å². The molecular formula is C13H12BrClN2O2. The predicted molar refractivity (Wildman–Crippen MR) is 78.1 cm³/mol. The highest BCUT2D eigenvalue weighted by Crippen LogP contribution is 2.33. The molecular weight excluding hydrogens is 332 g/mol. The minimum Gasteiger partial charge on any atom is -0.478 e. The van der Waals surface area contributed by atoms with Crippen molar-refractivity contribution in [1.29, 1.82) is 0 Å². The monoisotopic (exact) mass is 342 g/mol. The summed E-state index contributed by atoms with van der Waals surface area (Å²) < 4.78 is 0. The van der Waals surface area contributed by atoms with E-state index >= 15 is 0 Å². The largest absolute Gasteiger partial charge is 0.478 e. The molecule has 0 fully saturated rings. The van der Waals surface area contributed by atoms with Gasteiger partial charge in [0.05, 0.1) is 22.0 Å². The fourth-order valence-corrected chi connectivity index (χ4v) is 2.81. The molecule has 1 aromatic heterocycles. The lowest BCUT2D eigenvalue weighted by Crippen LogP contribution is -2.01. The average Bonchev–Trinajstić information content (AvgIpc) is 2.70. The van der Waals surface area contributed by atoms with Crippen molar-refractivity contribution in [2.75, 3.05) is 0 Å². The van der Waals surface area contributed by atoms with Crippen molar-refractivity contribution < 1.29 is 9.90 Å². The Hall–Kier alpha value is -1.33. The van der Waals surface area contributed by atoms with E-state index in [9.17, 15) is 9.90 Å². The van der Waals surface area contributed by atoms with Crippen LogP contribution in [-0.4, -0.2) is 21.3 Å².